The lowest BCUT2D eigenvalue weighted by molar-refractivity contribution is -0.161. The molecule has 2 unspecified atom stereocenters. The van der Waals surface area contributed by atoms with Crippen LogP contribution < -0.4 is 9.47 Å². The number of hydrogen-bond acceptors (Lipinski definition) is 4. The second-order valence-corrected chi connectivity index (χ2v) is 8.58. The quantitative estimate of drug-likeness (QED) is 0.746. The van der Waals surface area contributed by atoms with Crippen molar-refractivity contribution in [1.82, 2.24) is 4.90 Å². The first-order chi connectivity index (χ1) is 15.6. The predicted octanol–water partition coefficient (Wildman–Crippen LogP) is 3.83. The molecule has 146 valence electrons. The summed E-state index contributed by atoms with van der Waals surface area (Å²) in [4.78, 5) is 15.3. The molecular weight excluding hydrogens is 338 g/mol. The molecule has 2 bridgehead atoms. The van der Waals surface area contributed by atoms with Crippen molar-refractivity contribution in [2.45, 2.75) is 76.3 Å². The molecular formula is C23H31NO3. The minimum absolute atomic E-state index is 0.0382. The molecule has 0 aromatic heterocycles. The van der Waals surface area contributed by atoms with E-state index in [0.29, 0.717) is 5.56 Å². The van der Waals surface area contributed by atoms with E-state index in [4.69, 9.17) is 15.0 Å². The minimum Gasteiger partial charge on any atom is -0.493 e. The first-order valence-corrected chi connectivity index (χ1v) is 9.35. The van der Waals surface area contributed by atoms with Gasteiger partial charge in [-0.2, -0.15) is 0 Å². The third-order valence-corrected chi connectivity index (χ3v) is 7.39. The molecule has 6 atom stereocenters. The Morgan fingerprint density at radius 3 is 2.78 bits per heavy atom. The molecule has 1 aromatic rings. The minimum atomic E-state index is -3.34. The summed E-state index contributed by atoms with van der Waals surface area (Å²) in [6.45, 7) is 8.40. The number of nitrogens with zero attached hydrogens (tertiary/aromatic N) is 1. The van der Waals surface area contributed by atoms with Crippen molar-refractivity contribution in [2.24, 2.45) is 11.8 Å². The summed E-state index contributed by atoms with van der Waals surface area (Å²) in [6.07, 6.45) is -9.36. The van der Waals surface area contributed by atoms with Crippen LogP contribution in [0.4, 0.5) is 0 Å². The van der Waals surface area contributed by atoms with Crippen molar-refractivity contribution < 1.29 is 25.2 Å². The number of rotatable bonds is 1. The van der Waals surface area contributed by atoms with Gasteiger partial charge >= 0.3 is 0 Å². The van der Waals surface area contributed by atoms with Gasteiger partial charge in [0.05, 0.1) is 13.9 Å². The molecule has 4 heteroatoms. The number of ketones is 1. The topological polar surface area (TPSA) is 38.8 Å². The van der Waals surface area contributed by atoms with E-state index in [1.54, 1.807) is 40.8 Å². The number of likely N-dealkylation sites (tertiary alicyclic amines) is 1. The fourth-order valence-corrected chi connectivity index (χ4v) is 5.56. The van der Waals surface area contributed by atoms with Crippen LogP contribution in [-0.2, 0) is 10.2 Å². The normalized spacial score (nSPS) is 60.1. The summed E-state index contributed by atoms with van der Waals surface area (Å²) < 4.78 is 85.9. The van der Waals surface area contributed by atoms with Crippen LogP contribution in [0.5, 0.6) is 11.5 Å². The van der Waals surface area contributed by atoms with Gasteiger partial charge in [-0.15, -0.1) is 0 Å². The van der Waals surface area contributed by atoms with Crippen molar-refractivity contribution in [3.63, 3.8) is 0 Å². The molecule has 1 spiro atoms. The Hall–Kier alpha value is -1.55. The van der Waals surface area contributed by atoms with Crippen molar-refractivity contribution in [1.29, 1.82) is 0 Å². The van der Waals surface area contributed by atoms with Gasteiger partial charge in [0, 0.05) is 33.1 Å². The zero-order chi connectivity index (χ0) is 26.7. The second-order valence-electron chi connectivity index (χ2n) is 8.58. The van der Waals surface area contributed by atoms with Crippen LogP contribution in [0.15, 0.2) is 6.07 Å². The highest BCUT2D eigenvalue weighted by molar-refractivity contribution is 5.89. The van der Waals surface area contributed by atoms with Crippen LogP contribution in [0.25, 0.3) is 0 Å². The molecule has 27 heavy (non-hydrogen) atoms. The molecule has 1 aromatic carbocycles. The molecule has 1 saturated carbocycles. The van der Waals surface area contributed by atoms with Crippen LogP contribution >= 0.6 is 0 Å². The number of aryl methyl sites for hydroxylation is 1. The van der Waals surface area contributed by atoms with Crippen LogP contribution in [-0.4, -0.2) is 42.5 Å². The second kappa shape index (κ2) is 5.08. The van der Waals surface area contributed by atoms with Gasteiger partial charge < -0.3 is 9.47 Å². The molecule has 2 aliphatic carbocycles. The number of Topliss-reactive ketones (excluding diaryl/α,β-unsaturated/α-hetero) is 1. The molecule has 2 heterocycles. The molecule has 1 saturated heterocycles. The Labute approximate surface area is 173 Å². The van der Waals surface area contributed by atoms with Crippen molar-refractivity contribution in [3.05, 3.63) is 22.8 Å². The molecule has 0 radical (unpaired) electrons. The summed E-state index contributed by atoms with van der Waals surface area (Å²) in [5.41, 5.74) is -2.19. The Balaban J connectivity index is 2.17. The molecule has 4 aliphatic rings. The summed E-state index contributed by atoms with van der Waals surface area (Å²) in [7, 11) is 2.93. The van der Waals surface area contributed by atoms with Gasteiger partial charge in [-0.25, -0.2) is 0 Å². The van der Waals surface area contributed by atoms with Gasteiger partial charge in [-0.05, 0) is 63.0 Å². The number of likely N-dealkylation sites (N-methyl/N-ethyl adjacent to an activating group) is 1. The lowest BCUT2D eigenvalue weighted by atomic mass is 9.43. The zero-order valence-corrected chi connectivity index (χ0v) is 16.8. The fourth-order valence-electron chi connectivity index (χ4n) is 5.56. The smallest absolute Gasteiger partial charge is 0.174 e. The number of carbonyl (C=O) groups is 1. The largest absolute Gasteiger partial charge is 0.493 e. The maximum atomic E-state index is 13.9. The number of benzene rings is 1. The summed E-state index contributed by atoms with van der Waals surface area (Å²) in [6, 6.07) is -0.786. The van der Waals surface area contributed by atoms with E-state index in [1.807, 2.05) is 0 Å². The highest BCUT2D eigenvalue weighted by Gasteiger charge is 2.72. The zero-order valence-electron chi connectivity index (χ0n) is 24.8. The summed E-state index contributed by atoms with van der Waals surface area (Å²) in [5, 5.41) is 0. The van der Waals surface area contributed by atoms with Crippen LogP contribution in [0.3, 0.4) is 0 Å². The highest BCUT2D eigenvalue weighted by atomic mass is 16.5. The summed E-state index contributed by atoms with van der Waals surface area (Å²) >= 11 is 0. The van der Waals surface area contributed by atoms with Gasteiger partial charge in [0.25, 0.3) is 0 Å². The number of piperidine rings is 1. The standard InChI is InChI=1S/C23H31NO3/c1-11-10-14-12(2)18-15-8-9-16(25)21-23(15,13(3)22(4,5)24(18)6)17(14)20(27-21)19(11)26-7/h10,12-13,15,18,21H,8-9H2,1-7H3/t12?,13?,15-,18+,21-,23-/m0/s1/i8D2,9D2,12D,15D,18D,21D. The van der Waals surface area contributed by atoms with E-state index in [9.17, 15) is 10.3 Å². The third kappa shape index (κ3) is 1.69. The molecule has 0 amide bonds. The van der Waals surface area contributed by atoms with E-state index >= 15 is 0 Å². The van der Waals surface area contributed by atoms with E-state index in [0.717, 1.165) is 0 Å². The number of carbonyl (C=O) groups excluding carboxylic acids is 1. The average molecular weight is 378 g/mol. The van der Waals surface area contributed by atoms with Crippen molar-refractivity contribution in [2.75, 3.05) is 14.2 Å². The van der Waals surface area contributed by atoms with E-state index < -0.39 is 59.3 Å². The number of methoxy groups -OCH3 is 1. The SMILES string of the molecule is [2H]C1([2H])C(=O)[C@]2([2H])Oc3c(OC)c(C)cc4c3[C@@]23C(C)C(C)(C)N(C)[C@]([2H])(C4([2H])C)[C@]3([2H])C1([2H])[2H]. The van der Waals surface area contributed by atoms with E-state index in [1.165, 1.54) is 18.9 Å². The molecule has 0 N–H and O–H groups in total. The maximum Gasteiger partial charge on any atom is 0.174 e. The highest BCUT2D eigenvalue weighted by Crippen LogP contribution is 2.69. The number of ether oxygens (including phenoxy) is 2. The predicted molar refractivity (Wildman–Crippen MR) is 105 cm³/mol. The first kappa shape index (κ1) is 10.8. The van der Waals surface area contributed by atoms with Gasteiger partial charge in [0.2, 0.25) is 0 Å². The first-order valence-electron chi connectivity index (χ1n) is 13.4. The monoisotopic (exact) mass is 377 g/mol. The van der Waals surface area contributed by atoms with Crippen molar-refractivity contribution >= 4 is 5.78 Å². The van der Waals surface area contributed by atoms with Crippen LogP contribution in [0.1, 0.15) is 74.0 Å². The van der Waals surface area contributed by atoms with E-state index in [2.05, 4.69) is 0 Å². The van der Waals surface area contributed by atoms with Gasteiger partial charge in [-0.3, -0.25) is 9.69 Å². The Bertz CT molecular complexity index is 1220. The molecule has 2 aliphatic heterocycles. The maximum absolute atomic E-state index is 13.9. The average Bonchev–Trinajstić information content (AvgIpc) is 3.03. The van der Waals surface area contributed by atoms with Gasteiger partial charge in [0.15, 0.2) is 23.4 Å². The molecule has 5 rings (SSSR count). The van der Waals surface area contributed by atoms with Gasteiger partial charge in [0.1, 0.15) is 0 Å². The fraction of sp³-hybridized carbons (Fsp3) is 0.696. The number of hydrogen-bond donors (Lipinski definition) is 0. The van der Waals surface area contributed by atoms with Crippen LogP contribution in [0.2, 0.25) is 0 Å². The Morgan fingerprint density at radius 2 is 2.11 bits per heavy atom. The van der Waals surface area contributed by atoms with E-state index in [-0.39, 0.29) is 22.6 Å². The lowest BCUT2D eigenvalue weighted by Crippen LogP contribution is -2.75. The molecule has 4 nitrogen and oxygen atoms in total. The Morgan fingerprint density at radius 1 is 1.41 bits per heavy atom. The van der Waals surface area contributed by atoms with Gasteiger partial charge in [-0.1, -0.05) is 19.9 Å². The lowest BCUT2D eigenvalue weighted by Gasteiger charge is -2.67. The Kier molecular flexibility index (Phi) is 2.04. The van der Waals surface area contributed by atoms with Crippen LogP contribution in [0, 0.1) is 18.7 Å². The summed E-state index contributed by atoms with van der Waals surface area (Å²) in [5.74, 6) is -6.92. The third-order valence-electron chi connectivity index (χ3n) is 7.39. The van der Waals surface area contributed by atoms with Crippen molar-refractivity contribution in [3.8, 4) is 11.5 Å². The molecule has 2 fully saturated rings.